The van der Waals surface area contributed by atoms with Gasteiger partial charge in [0.2, 0.25) is 0 Å². The second-order valence-corrected chi connectivity index (χ2v) is 4.41. The van der Waals surface area contributed by atoms with Crippen LogP contribution in [0, 0.1) is 0 Å². The van der Waals surface area contributed by atoms with Gasteiger partial charge in [0.15, 0.2) is 6.10 Å². The molecule has 0 heterocycles. The zero-order chi connectivity index (χ0) is 13.5. The molecule has 0 spiro atoms. The van der Waals surface area contributed by atoms with Gasteiger partial charge in [-0.2, -0.15) is 0 Å². The van der Waals surface area contributed by atoms with E-state index < -0.39 is 6.10 Å². The number of likely N-dealkylation sites (N-methyl/N-ethyl adjacent to an activating group) is 2. The van der Waals surface area contributed by atoms with Gasteiger partial charge in [-0.15, -0.1) is 0 Å². The third kappa shape index (κ3) is 4.37. The lowest BCUT2D eigenvalue weighted by atomic mass is 10.1. The number of ether oxygens (including phenoxy) is 1. The molecule has 0 aliphatic rings. The first-order valence-corrected chi connectivity index (χ1v) is 6.21. The maximum atomic E-state index is 11.3. The van der Waals surface area contributed by atoms with E-state index in [2.05, 4.69) is 17.6 Å². The molecule has 1 aromatic carbocycles. The molecule has 0 radical (unpaired) electrons. The molecule has 1 aromatic rings. The van der Waals surface area contributed by atoms with Crippen molar-refractivity contribution in [3.63, 3.8) is 0 Å². The Morgan fingerprint density at radius 3 is 2.33 bits per heavy atom. The van der Waals surface area contributed by atoms with E-state index in [-0.39, 0.29) is 5.91 Å². The van der Waals surface area contributed by atoms with Crippen LogP contribution in [0.25, 0.3) is 0 Å². The zero-order valence-corrected chi connectivity index (χ0v) is 11.5. The smallest absolute Gasteiger partial charge is 0.260 e. The Bertz CT molecular complexity index is 376. The molecule has 4 heteroatoms. The minimum Gasteiger partial charge on any atom is -0.481 e. The van der Waals surface area contributed by atoms with Gasteiger partial charge in [-0.25, -0.2) is 0 Å². The van der Waals surface area contributed by atoms with Gasteiger partial charge in [-0.3, -0.25) is 4.79 Å². The third-order valence-electron chi connectivity index (χ3n) is 2.89. The number of benzene rings is 1. The molecule has 18 heavy (non-hydrogen) atoms. The lowest BCUT2D eigenvalue weighted by Crippen LogP contribution is -2.33. The number of carbonyl (C=O) groups is 1. The summed E-state index contributed by atoms with van der Waals surface area (Å²) in [6.07, 6.45) is 0.499. The topological polar surface area (TPSA) is 50.4 Å². The summed E-state index contributed by atoms with van der Waals surface area (Å²) >= 11 is 0. The van der Waals surface area contributed by atoms with Gasteiger partial charge in [-0.05, 0) is 45.0 Å². The summed E-state index contributed by atoms with van der Waals surface area (Å²) in [5, 5.41) is 5.76. The van der Waals surface area contributed by atoms with Crippen LogP contribution in [0.2, 0.25) is 0 Å². The van der Waals surface area contributed by atoms with Crippen molar-refractivity contribution in [2.45, 2.75) is 32.4 Å². The van der Waals surface area contributed by atoms with E-state index in [0.717, 1.165) is 6.42 Å². The van der Waals surface area contributed by atoms with Gasteiger partial charge < -0.3 is 15.4 Å². The maximum absolute atomic E-state index is 11.3. The van der Waals surface area contributed by atoms with Crippen LogP contribution >= 0.6 is 0 Å². The number of carbonyl (C=O) groups excluding carboxylic acids is 1. The molecule has 0 aromatic heterocycles. The molecule has 0 saturated heterocycles. The highest BCUT2D eigenvalue weighted by Crippen LogP contribution is 2.15. The highest BCUT2D eigenvalue weighted by Gasteiger charge is 2.12. The minimum atomic E-state index is -0.475. The van der Waals surface area contributed by atoms with Gasteiger partial charge >= 0.3 is 0 Å². The monoisotopic (exact) mass is 250 g/mol. The van der Waals surface area contributed by atoms with Crippen LogP contribution in [-0.2, 0) is 11.2 Å². The molecule has 4 nitrogen and oxygen atoms in total. The molecule has 1 rings (SSSR count). The van der Waals surface area contributed by atoms with Crippen molar-refractivity contribution >= 4 is 5.91 Å². The van der Waals surface area contributed by atoms with Crippen LogP contribution in [0.15, 0.2) is 24.3 Å². The Morgan fingerprint density at radius 1 is 1.22 bits per heavy atom. The maximum Gasteiger partial charge on any atom is 0.260 e. The van der Waals surface area contributed by atoms with Crippen LogP contribution < -0.4 is 15.4 Å². The summed E-state index contributed by atoms with van der Waals surface area (Å²) in [5.41, 5.74) is 1.25. The predicted octanol–water partition coefficient (Wildman–Crippen LogP) is 1.35. The Hall–Kier alpha value is -1.55. The van der Waals surface area contributed by atoms with Crippen molar-refractivity contribution < 1.29 is 9.53 Å². The van der Waals surface area contributed by atoms with Crippen LogP contribution in [0.5, 0.6) is 5.75 Å². The average molecular weight is 250 g/mol. The normalized spacial score (nSPS) is 13.8. The number of nitrogens with one attached hydrogen (secondary N) is 2. The van der Waals surface area contributed by atoms with E-state index in [0.29, 0.717) is 11.8 Å². The zero-order valence-electron chi connectivity index (χ0n) is 11.5. The van der Waals surface area contributed by atoms with Crippen LogP contribution in [0.4, 0.5) is 0 Å². The summed E-state index contributed by atoms with van der Waals surface area (Å²) < 4.78 is 5.53. The number of amides is 1. The molecule has 0 bridgehead atoms. The standard InChI is InChI=1S/C14H22N2O2/c1-10(15-3)9-12-5-7-13(8-6-12)18-11(2)14(17)16-4/h5-8,10-11,15H,9H2,1-4H3,(H,16,17). The summed E-state index contributed by atoms with van der Waals surface area (Å²) in [7, 11) is 3.55. The molecular weight excluding hydrogens is 228 g/mol. The molecule has 0 aliphatic heterocycles. The number of rotatable bonds is 6. The molecule has 2 unspecified atom stereocenters. The second kappa shape index (κ2) is 7.01. The van der Waals surface area contributed by atoms with Gasteiger partial charge in [0.05, 0.1) is 0 Å². The second-order valence-electron chi connectivity index (χ2n) is 4.41. The Morgan fingerprint density at radius 2 is 1.83 bits per heavy atom. The molecule has 2 N–H and O–H groups in total. The minimum absolute atomic E-state index is 0.122. The summed E-state index contributed by atoms with van der Waals surface area (Å²) in [6, 6.07) is 8.30. The van der Waals surface area contributed by atoms with Crippen molar-refractivity contribution in [2.75, 3.05) is 14.1 Å². The van der Waals surface area contributed by atoms with Gasteiger partial charge in [0, 0.05) is 13.1 Å². The molecule has 2 atom stereocenters. The van der Waals surface area contributed by atoms with E-state index in [1.54, 1.807) is 14.0 Å². The number of hydrogen-bond acceptors (Lipinski definition) is 3. The lowest BCUT2D eigenvalue weighted by molar-refractivity contribution is -0.126. The SMILES string of the molecule is CNC(=O)C(C)Oc1ccc(CC(C)NC)cc1. The molecule has 0 fully saturated rings. The first-order chi connectivity index (χ1) is 8.56. The van der Waals surface area contributed by atoms with Crippen molar-refractivity contribution in [3.8, 4) is 5.75 Å². The Labute approximate surface area is 109 Å². The Kier molecular flexibility index (Phi) is 5.65. The van der Waals surface area contributed by atoms with Crippen LogP contribution in [-0.4, -0.2) is 32.1 Å². The largest absolute Gasteiger partial charge is 0.481 e. The predicted molar refractivity (Wildman–Crippen MR) is 72.8 cm³/mol. The third-order valence-corrected chi connectivity index (χ3v) is 2.89. The summed E-state index contributed by atoms with van der Waals surface area (Å²) in [6.45, 7) is 3.87. The lowest BCUT2D eigenvalue weighted by Gasteiger charge is -2.14. The number of hydrogen-bond donors (Lipinski definition) is 2. The van der Waals surface area contributed by atoms with E-state index in [1.165, 1.54) is 5.56 Å². The van der Waals surface area contributed by atoms with Gasteiger partial charge in [0.1, 0.15) is 5.75 Å². The quantitative estimate of drug-likeness (QED) is 0.801. The van der Waals surface area contributed by atoms with E-state index in [9.17, 15) is 4.79 Å². The van der Waals surface area contributed by atoms with Gasteiger partial charge in [0.25, 0.3) is 5.91 Å². The fourth-order valence-corrected chi connectivity index (χ4v) is 1.62. The van der Waals surface area contributed by atoms with Crippen LogP contribution in [0.3, 0.4) is 0 Å². The van der Waals surface area contributed by atoms with Gasteiger partial charge in [-0.1, -0.05) is 12.1 Å². The van der Waals surface area contributed by atoms with E-state index >= 15 is 0 Å². The van der Waals surface area contributed by atoms with Crippen molar-refractivity contribution in [1.82, 2.24) is 10.6 Å². The molecule has 0 saturated carbocycles. The summed E-state index contributed by atoms with van der Waals surface area (Å²) in [4.78, 5) is 11.3. The molecular formula is C14H22N2O2. The highest BCUT2D eigenvalue weighted by molar-refractivity contribution is 5.80. The van der Waals surface area contributed by atoms with E-state index in [1.807, 2.05) is 31.3 Å². The fourth-order valence-electron chi connectivity index (χ4n) is 1.62. The molecule has 100 valence electrons. The van der Waals surface area contributed by atoms with Crippen molar-refractivity contribution in [2.24, 2.45) is 0 Å². The first kappa shape index (κ1) is 14.5. The summed E-state index contributed by atoms with van der Waals surface area (Å²) in [5.74, 6) is 0.592. The first-order valence-electron chi connectivity index (χ1n) is 6.21. The average Bonchev–Trinajstić information content (AvgIpc) is 2.39. The molecule has 0 aliphatic carbocycles. The van der Waals surface area contributed by atoms with Crippen LogP contribution in [0.1, 0.15) is 19.4 Å². The van der Waals surface area contributed by atoms with Crippen molar-refractivity contribution in [1.29, 1.82) is 0 Å². The fraction of sp³-hybridized carbons (Fsp3) is 0.500. The highest BCUT2D eigenvalue weighted by atomic mass is 16.5. The molecule has 1 amide bonds. The van der Waals surface area contributed by atoms with Crippen molar-refractivity contribution in [3.05, 3.63) is 29.8 Å². The Balaban J connectivity index is 2.57. The van der Waals surface area contributed by atoms with E-state index in [4.69, 9.17) is 4.74 Å².